The Kier molecular flexibility index (Phi) is 4.71. The van der Waals surface area contributed by atoms with Gasteiger partial charge in [0.15, 0.2) is 5.78 Å². The molecule has 0 aliphatic carbocycles. The van der Waals surface area contributed by atoms with E-state index >= 15 is 0 Å². The van der Waals surface area contributed by atoms with Gasteiger partial charge in [0.05, 0.1) is 12.1 Å². The van der Waals surface area contributed by atoms with Crippen molar-refractivity contribution in [1.29, 1.82) is 0 Å². The number of ketones is 2. The Balaban J connectivity index is 2.04. The molecule has 1 aliphatic heterocycles. The van der Waals surface area contributed by atoms with Crippen LogP contribution in [0, 0.1) is 6.92 Å². The smallest absolute Gasteiger partial charge is 0.323 e. The van der Waals surface area contributed by atoms with Crippen molar-refractivity contribution in [3.8, 4) is 0 Å². The monoisotopic (exact) mass is 342 g/mol. The number of Topliss-reactive ketones (excluding diaryl/α,β-unsaturated/α-hetero) is 2. The summed E-state index contributed by atoms with van der Waals surface area (Å²) in [5, 5.41) is 11.1. The highest BCUT2D eigenvalue weighted by Crippen LogP contribution is 2.28. The Labute approximate surface area is 133 Å². The van der Waals surface area contributed by atoms with Crippen LogP contribution in [-0.4, -0.2) is 54.7 Å². The van der Waals surface area contributed by atoms with Gasteiger partial charge in [-0.05, 0) is 6.92 Å². The van der Waals surface area contributed by atoms with E-state index in [0.29, 0.717) is 5.69 Å². The lowest BCUT2D eigenvalue weighted by atomic mass is 10.1. The van der Waals surface area contributed by atoms with Gasteiger partial charge in [-0.1, -0.05) is 29.1 Å². The summed E-state index contributed by atoms with van der Waals surface area (Å²) in [7, 11) is 0. The molecule has 1 unspecified atom stereocenters. The van der Waals surface area contributed by atoms with E-state index in [1.165, 1.54) is 6.07 Å². The number of thioether (sulfide) groups is 1. The zero-order valence-corrected chi connectivity index (χ0v) is 12.9. The minimum absolute atomic E-state index is 0.00806. The van der Waals surface area contributed by atoms with Gasteiger partial charge in [0.2, 0.25) is 17.5 Å². The SMILES string of the molecule is Cc1cc(C(=O)CC(=O)C2SC(=S)N(CC(=O)O)C2=O)on1. The summed E-state index contributed by atoms with van der Waals surface area (Å²) < 4.78 is 4.76. The lowest BCUT2D eigenvalue weighted by Gasteiger charge is -2.11. The van der Waals surface area contributed by atoms with E-state index in [0.717, 1.165) is 16.7 Å². The zero-order valence-electron chi connectivity index (χ0n) is 11.3. The second-order valence-electron chi connectivity index (χ2n) is 4.48. The van der Waals surface area contributed by atoms with Gasteiger partial charge in [-0.2, -0.15) is 0 Å². The number of aryl methyl sites for hydroxylation is 1. The van der Waals surface area contributed by atoms with Crippen LogP contribution < -0.4 is 0 Å². The first-order chi connectivity index (χ1) is 10.3. The van der Waals surface area contributed by atoms with Gasteiger partial charge in [-0.15, -0.1) is 0 Å². The molecule has 1 aliphatic rings. The minimum Gasteiger partial charge on any atom is -0.480 e. The largest absolute Gasteiger partial charge is 0.480 e. The Morgan fingerprint density at radius 3 is 2.73 bits per heavy atom. The highest BCUT2D eigenvalue weighted by molar-refractivity contribution is 8.24. The fourth-order valence-corrected chi connectivity index (χ4v) is 3.13. The van der Waals surface area contributed by atoms with Gasteiger partial charge in [0.1, 0.15) is 16.1 Å². The molecule has 10 heteroatoms. The van der Waals surface area contributed by atoms with Gasteiger partial charge in [0.25, 0.3) is 0 Å². The number of hydrogen-bond donors (Lipinski definition) is 1. The van der Waals surface area contributed by atoms with Gasteiger partial charge in [0, 0.05) is 6.07 Å². The number of carboxylic acid groups (broad SMARTS) is 1. The Hall–Kier alpha value is -2.07. The molecule has 2 heterocycles. The summed E-state index contributed by atoms with van der Waals surface area (Å²) in [6.07, 6.45) is -0.540. The van der Waals surface area contributed by atoms with Crippen molar-refractivity contribution >= 4 is 51.7 Å². The van der Waals surface area contributed by atoms with Crippen LogP contribution in [0.15, 0.2) is 10.6 Å². The molecule has 22 heavy (non-hydrogen) atoms. The Bertz CT molecular complexity index is 683. The summed E-state index contributed by atoms with van der Waals surface area (Å²) in [5.74, 6) is -3.27. The van der Waals surface area contributed by atoms with Crippen molar-refractivity contribution in [3.63, 3.8) is 0 Å². The topological polar surface area (TPSA) is 118 Å². The third-order valence-corrected chi connectivity index (χ3v) is 4.38. The van der Waals surface area contributed by atoms with Crippen LogP contribution in [0.1, 0.15) is 22.7 Å². The molecule has 2 rings (SSSR count). The molecule has 0 spiro atoms. The van der Waals surface area contributed by atoms with E-state index in [2.05, 4.69) is 5.16 Å². The first-order valence-corrected chi connectivity index (χ1v) is 7.31. The van der Waals surface area contributed by atoms with Crippen molar-refractivity contribution in [2.75, 3.05) is 6.54 Å². The Morgan fingerprint density at radius 1 is 1.50 bits per heavy atom. The molecule has 0 saturated carbocycles. The minimum atomic E-state index is -1.24. The third-order valence-electron chi connectivity index (χ3n) is 2.75. The summed E-state index contributed by atoms with van der Waals surface area (Å²) in [6, 6.07) is 1.39. The number of aromatic nitrogens is 1. The van der Waals surface area contributed by atoms with Crippen LogP contribution in [0.25, 0.3) is 0 Å². The van der Waals surface area contributed by atoms with Gasteiger partial charge in [-0.25, -0.2) is 0 Å². The molecule has 1 N–H and O–H groups in total. The number of nitrogens with zero attached hydrogens (tertiary/aromatic N) is 2. The normalized spacial score (nSPS) is 17.9. The lowest BCUT2D eigenvalue weighted by molar-refractivity contribution is -0.142. The van der Waals surface area contributed by atoms with Gasteiger partial charge in [-0.3, -0.25) is 24.1 Å². The lowest BCUT2D eigenvalue weighted by Crippen LogP contribution is -2.38. The van der Waals surface area contributed by atoms with Gasteiger partial charge >= 0.3 is 5.97 Å². The van der Waals surface area contributed by atoms with E-state index in [1.807, 2.05) is 0 Å². The first-order valence-electron chi connectivity index (χ1n) is 6.02. The second-order valence-corrected chi connectivity index (χ2v) is 6.22. The maximum absolute atomic E-state index is 12.1. The number of carbonyl (C=O) groups excluding carboxylic acids is 3. The maximum Gasteiger partial charge on any atom is 0.323 e. The molecule has 0 aromatic carbocycles. The van der Waals surface area contributed by atoms with E-state index in [-0.39, 0.29) is 10.1 Å². The van der Waals surface area contributed by atoms with E-state index < -0.39 is 41.7 Å². The number of hydrogen-bond acceptors (Lipinski definition) is 8. The second kappa shape index (κ2) is 6.36. The molecule has 1 aromatic heterocycles. The highest BCUT2D eigenvalue weighted by Gasteiger charge is 2.42. The van der Waals surface area contributed by atoms with Crippen molar-refractivity contribution in [2.45, 2.75) is 18.6 Å². The van der Waals surface area contributed by atoms with E-state index in [9.17, 15) is 19.2 Å². The van der Waals surface area contributed by atoms with Crippen LogP contribution in [-0.2, 0) is 14.4 Å². The number of thiocarbonyl (C=S) groups is 1. The van der Waals surface area contributed by atoms with E-state index in [4.69, 9.17) is 21.8 Å². The summed E-state index contributed by atoms with van der Waals surface area (Å²) in [4.78, 5) is 47.4. The first kappa shape index (κ1) is 16.3. The fraction of sp³-hybridized carbons (Fsp3) is 0.333. The molecular formula is C12H10N2O6S2. The molecule has 1 aromatic rings. The number of amides is 1. The predicted molar refractivity (Wildman–Crippen MR) is 78.5 cm³/mol. The maximum atomic E-state index is 12.1. The summed E-state index contributed by atoms with van der Waals surface area (Å²) in [5.41, 5.74) is 0.496. The molecule has 116 valence electrons. The van der Waals surface area contributed by atoms with E-state index in [1.54, 1.807) is 6.92 Å². The predicted octanol–water partition coefficient (Wildman–Crippen LogP) is 0.438. The average molecular weight is 342 g/mol. The number of carbonyl (C=O) groups is 4. The van der Waals surface area contributed by atoms with Crippen LogP contribution in [0.4, 0.5) is 0 Å². The molecule has 1 saturated heterocycles. The van der Waals surface area contributed by atoms with Crippen molar-refractivity contribution in [2.24, 2.45) is 0 Å². The summed E-state index contributed by atoms with van der Waals surface area (Å²) >= 11 is 5.65. The van der Waals surface area contributed by atoms with Gasteiger partial charge < -0.3 is 9.63 Å². The molecule has 0 radical (unpaired) electrons. The van der Waals surface area contributed by atoms with Crippen molar-refractivity contribution < 1.29 is 28.8 Å². The third kappa shape index (κ3) is 3.39. The molecule has 8 nitrogen and oxygen atoms in total. The highest BCUT2D eigenvalue weighted by atomic mass is 32.2. The molecular weight excluding hydrogens is 332 g/mol. The molecule has 1 amide bonds. The van der Waals surface area contributed by atoms with Crippen LogP contribution in [0.3, 0.4) is 0 Å². The zero-order chi connectivity index (χ0) is 16.4. The summed E-state index contributed by atoms with van der Waals surface area (Å²) in [6.45, 7) is 1.02. The molecule has 1 fully saturated rings. The standard InChI is InChI=1S/C12H10N2O6S2/c1-5-2-8(20-13-5)6(15)3-7(16)10-11(19)14(4-9(17)18)12(21)22-10/h2,10H,3-4H2,1H3,(H,17,18). The molecule has 0 bridgehead atoms. The van der Waals surface area contributed by atoms with Crippen molar-refractivity contribution in [3.05, 3.63) is 17.5 Å². The number of aliphatic carboxylic acids is 1. The quantitative estimate of drug-likeness (QED) is 0.446. The number of carboxylic acids is 1. The fourth-order valence-electron chi connectivity index (χ4n) is 1.76. The number of rotatable bonds is 6. The van der Waals surface area contributed by atoms with Crippen LogP contribution >= 0.6 is 24.0 Å². The molecule has 1 atom stereocenters. The van der Waals surface area contributed by atoms with Crippen molar-refractivity contribution in [1.82, 2.24) is 10.1 Å². The Morgan fingerprint density at radius 2 is 2.18 bits per heavy atom. The van der Waals surface area contributed by atoms with Crippen LogP contribution in [0.2, 0.25) is 0 Å². The van der Waals surface area contributed by atoms with Crippen LogP contribution in [0.5, 0.6) is 0 Å². The average Bonchev–Trinajstić information content (AvgIpc) is 2.97.